The number of hydrogen-bond donors (Lipinski definition) is 2. The first-order chi connectivity index (χ1) is 18.0. The standard InChI is InChI=1S/C31H35F2NO4/c1-31(2,3)25-15-11-21(12-16-25)22-13-17-26(18-14-22)38-27(5-4-6-28(32)33)23-7-9-24(10-8-23)30(37)34-20-19-29(35)36/h7-18,27-28H,4-6,19-20H2,1-3H3,(H,34,37)(H,35,36). The van der Waals surface area contributed by atoms with Gasteiger partial charge in [-0.3, -0.25) is 9.59 Å². The maximum atomic E-state index is 12.8. The minimum atomic E-state index is -2.38. The SMILES string of the molecule is CC(C)(C)c1ccc(-c2ccc(OC(CCCC(F)F)c3ccc(C(=O)NCCC(=O)O)cc3)cc2)cc1. The molecule has 0 saturated carbocycles. The summed E-state index contributed by atoms with van der Waals surface area (Å²) in [6.45, 7) is 6.57. The highest BCUT2D eigenvalue weighted by Gasteiger charge is 2.17. The highest BCUT2D eigenvalue weighted by atomic mass is 19.3. The predicted octanol–water partition coefficient (Wildman–Crippen LogP) is 7.41. The van der Waals surface area contributed by atoms with Crippen LogP contribution in [-0.4, -0.2) is 30.0 Å². The molecular weight excluding hydrogens is 488 g/mol. The molecule has 0 spiro atoms. The Hall–Kier alpha value is -3.74. The smallest absolute Gasteiger partial charge is 0.305 e. The molecule has 0 aliphatic rings. The second-order valence-electron chi connectivity index (χ2n) is 10.3. The summed E-state index contributed by atoms with van der Waals surface area (Å²) in [5.74, 6) is -0.743. The van der Waals surface area contributed by atoms with Gasteiger partial charge in [0.05, 0.1) is 6.42 Å². The van der Waals surface area contributed by atoms with Crippen molar-refractivity contribution in [1.29, 1.82) is 0 Å². The normalized spacial score (nSPS) is 12.3. The number of carboxylic acids is 1. The minimum absolute atomic E-state index is 0.0337. The zero-order valence-electron chi connectivity index (χ0n) is 22.0. The Morgan fingerprint density at radius 3 is 1.97 bits per heavy atom. The van der Waals surface area contributed by atoms with Gasteiger partial charge >= 0.3 is 5.97 Å². The molecule has 2 N–H and O–H groups in total. The van der Waals surface area contributed by atoms with E-state index < -0.39 is 18.5 Å². The lowest BCUT2D eigenvalue weighted by atomic mass is 9.86. The zero-order valence-corrected chi connectivity index (χ0v) is 22.0. The fourth-order valence-corrected chi connectivity index (χ4v) is 4.04. The molecule has 38 heavy (non-hydrogen) atoms. The van der Waals surface area contributed by atoms with Gasteiger partial charge < -0.3 is 15.2 Å². The van der Waals surface area contributed by atoms with Crippen LogP contribution in [-0.2, 0) is 10.2 Å². The van der Waals surface area contributed by atoms with Crippen LogP contribution in [0.5, 0.6) is 5.75 Å². The topological polar surface area (TPSA) is 75.6 Å². The molecule has 1 unspecified atom stereocenters. The Labute approximate surface area is 222 Å². The van der Waals surface area contributed by atoms with Crippen LogP contribution in [0.3, 0.4) is 0 Å². The molecule has 0 aliphatic heterocycles. The van der Waals surface area contributed by atoms with Gasteiger partial charge in [-0.2, -0.15) is 0 Å². The lowest BCUT2D eigenvalue weighted by Gasteiger charge is -2.21. The number of benzene rings is 3. The van der Waals surface area contributed by atoms with E-state index in [2.05, 4.69) is 50.4 Å². The average Bonchev–Trinajstić information content (AvgIpc) is 2.88. The summed E-state index contributed by atoms with van der Waals surface area (Å²) in [5.41, 5.74) is 4.63. The molecule has 0 heterocycles. The second-order valence-corrected chi connectivity index (χ2v) is 10.3. The third-order valence-electron chi connectivity index (χ3n) is 6.27. The Morgan fingerprint density at radius 1 is 0.868 bits per heavy atom. The van der Waals surface area contributed by atoms with Crippen molar-refractivity contribution in [3.63, 3.8) is 0 Å². The predicted molar refractivity (Wildman–Crippen MR) is 145 cm³/mol. The Bertz CT molecular complexity index is 1180. The molecule has 0 aliphatic carbocycles. The third-order valence-corrected chi connectivity index (χ3v) is 6.27. The maximum Gasteiger partial charge on any atom is 0.305 e. The lowest BCUT2D eigenvalue weighted by Crippen LogP contribution is -2.26. The number of halogens is 2. The van der Waals surface area contributed by atoms with Gasteiger partial charge in [-0.1, -0.05) is 69.3 Å². The summed E-state index contributed by atoms with van der Waals surface area (Å²) < 4.78 is 31.8. The molecule has 0 aromatic heterocycles. The summed E-state index contributed by atoms with van der Waals surface area (Å²) in [7, 11) is 0. The monoisotopic (exact) mass is 523 g/mol. The van der Waals surface area contributed by atoms with Crippen molar-refractivity contribution in [2.45, 2.75) is 64.4 Å². The second kappa shape index (κ2) is 13.2. The highest BCUT2D eigenvalue weighted by molar-refractivity contribution is 5.94. The fraction of sp³-hybridized carbons (Fsp3) is 0.355. The Morgan fingerprint density at radius 2 is 1.45 bits per heavy atom. The molecule has 3 aromatic rings. The maximum absolute atomic E-state index is 12.8. The average molecular weight is 524 g/mol. The largest absolute Gasteiger partial charge is 0.486 e. The fourth-order valence-electron chi connectivity index (χ4n) is 4.04. The van der Waals surface area contributed by atoms with Gasteiger partial charge in [0.15, 0.2) is 0 Å². The van der Waals surface area contributed by atoms with E-state index in [1.165, 1.54) is 5.56 Å². The number of nitrogens with one attached hydrogen (secondary N) is 1. The van der Waals surface area contributed by atoms with E-state index in [9.17, 15) is 18.4 Å². The molecule has 0 fully saturated rings. The highest BCUT2D eigenvalue weighted by Crippen LogP contribution is 2.31. The summed E-state index contributed by atoms with van der Waals surface area (Å²) in [6.07, 6.45) is -2.54. The molecule has 3 rings (SSSR count). The van der Waals surface area contributed by atoms with Crippen molar-refractivity contribution in [1.82, 2.24) is 5.32 Å². The van der Waals surface area contributed by atoms with E-state index in [4.69, 9.17) is 9.84 Å². The molecule has 202 valence electrons. The van der Waals surface area contributed by atoms with Crippen LogP contribution in [0.25, 0.3) is 11.1 Å². The quantitative estimate of drug-likeness (QED) is 0.259. The van der Waals surface area contributed by atoms with Crippen LogP contribution in [0.2, 0.25) is 0 Å². The summed E-state index contributed by atoms with van der Waals surface area (Å²) >= 11 is 0. The molecule has 7 heteroatoms. The number of carboxylic acid groups (broad SMARTS) is 1. The van der Waals surface area contributed by atoms with E-state index in [1.807, 2.05) is 24.3 Å². The van der Waals surface area contributed by atoms with Gasteiger partial charge in [-0.05, 0) is 64.8 Å². The van der Waals surface area contributed by atoms with Crippen molar-refractivity contribution in [2.75, 3.05) is 6.54 Å². The Kier molecular flexibility index (Phi) is 9.99. The summed E-state index contributed by atoms with van der Waals surface area (Å²) in [5, 5.41) is 11.3. The van der Waals surface area contributed by atoms with Gasteiger partial charge in [0.25, 0.3) is 5.91 Å². The molecule has 1 atom stereocenters. The minimum Gasteiger partial charge on any atom is -0.486 e. The number of hydrogen-bond acceptors (Lipinski definition) is 3. The number of carbonyl (C=O) groups is 2. The van der Waals surface area contributed by atoms with Crippen LogP contribution < -0.4 is 10.1 Å². The number of carbonyl (C=O) groups excluding carboxylic acids is 1. The van der Waals surface area contributed by atoms with E-state index in [-0.39, 0.29) is 37.1 Å². The van der Waals surface area contributed by atoms with Crippen molar-refractivity contribution in [3.8, 4) is 16.9 Å². The first kappa shape index (κ1) is 28.8. The number of aliphatic carboxylic acids is 1. The van der Waals surface area contributed by atoms with Crippen molar-refractivity contribution in [2.24, 2.45) is 0 Å². The molecule has 0 radical (unpaired) electrons. The third kappa shape index (κ3) is 8.68. The van der Waals surface area contributed by atoms with E-state index >= 15 is 0 Å². The number of ether oxygens (including phenoxy) is 1. The molecular formula is C31H35F2NO4. The molecule has 1 amide bonds. The van der Waals surface area contributed by atoms with Crippen LogP contribution in [0.4, 0.5) is 8.78 Å². The number of rotatable bonds is 12. The van der Waals surface area contributed by atoms with E-state index in [0.717, 1.165) is 16.7 Å². The lowest BCUT2D eigenvalue weighted by molar-refractivity contribution is -0.136. The van der Waals surface area contributed by atoms with E-state index in [0.29, 0.717) is 17.7 Å². The van der Waals surface area contributed by atoms with Crippen LogP contribution >= 0.6 is 0 Å². The van der Waals surface area contributed by atoms with Crippen molar-refractivity contribution >= 4 is 11.9 Å². The molecule has 0 bridgehead atoms. The van der Waals surface area contributed by atoms with Crippen molar-refractivity contribution in [3.05, 3.63) is 89.5 Å². The number of amides is 1. The van der Waals surface area contributed by atoms with Gasteiger partial charge in [0, 0.05) is 18.5 Å². The summed E-state index contributed by atoms with van der Waals surface area (Å²) in [6, 6.07) is 22.9. The van der Waals surface area contributed by atoms with Gasteiger partial charge in [-0.25, -0.2) is 8.78 Å². The molecule has 3 aromatic carbocycles. The summed E-state index contributed by atoms with van der Waals surface area (Å²) in [4.78, 5) is 22.9. The van der Waals surface area contributed by atoms with Crippen LogP contribution in [0, 0.1) is 0 Å². The van der Waals surface area contributed by atoms with Crippen LogP contribution in [0.15, 0.2) is 72.8 Å². The number of alkyl halides is 2. The first-order valence-electron chi connectivity index (χ1n) is 12.8. The molecule has 5 nitrogen and oxygen atoms in total. The molecule has 0 saturated heterocycles. The Balaban J connectivity index is 1.71. The van der Waals surface area contributed by atoms with E-state index in [1.54, 1.807) is 24.3 Å². The van der Waals surface area contributed by atoms with Gasteiger partial charge in [-0.15, -0.1) is 0 Å². The zero-order chi connectivity index (χ0) is 27.7. The first-order valence-corrected chi connectivity index (χ1v) is 12.8. The van der Waals surface area contributed by atoms with Crippen molar-refractivity contribution < 1.29 is 28.2 Å². The van der Waals surface area contributed by atoms with Gasteiger partial charge in [0.2, 0.25) is 6.43 Å². The van der Waals surface area contributed by atoms with Crippen LogP contribution in [0.1, 0.15) is 74.0 Å². The van der Waals surface area contributed by atoms with Gasteiger partial charge in [0.1, 0.15) is 11.9 Å².